The molecule has 4 nitrogen and oxygen atoms in total. The van der Waals surface area contributed by atoms with Gasteiger partial charge >= 0.3 is 0 Å². The summed E-state index contributed by atoms with van der Waals surface area (Å²) in [6, 6.07) is 9.55. The molecule has 1 saturated carbocycles. The fourth-order valence-electron chi connectivity index (χ4n) is 3.67. The van der Waals surface area contributed by atoms with Gasteiger partial charge < -0.3 is 9.84 Å². The molecule has 1 unspecified atom stereocenters. The molecule has 0 bridgehead atoms. The third kappa shape index (κ3) is 3.73. The highest BCUT2D eigenvalue weighted by atomic mass is 32.1. The van der Waals surface area contributed by atoms with Gasteiger partial charge in [0.25, 0.3) is 0 Å². The Morgan fingerprint density at radius 3 is 2.79 bits per heavy atom. The summed E-state index contributed by atoms with van der Waals surface area (Å²) in [5.41, 5.74) is 2.51. The van der Waals surface area contributed by atoms with E-state index in [-0.39, 0.29) is 6.61 Å². The second-order valence-electron chi connectivity index (χ2n) is 7.72. The maximum Gasteiger partial charge on any atom is 0.144 e. The van der Waals surface area contributed by atoms with E-state index >= 15 is 0 Å². The molecule has 150 valence electrons. The van der Waals surface area contributed by atoms with Gasteiger partial charge in [-0.15, -0.1) is 11.3 Å². The van der Waals surface area contributed by atoms with E-state index in [1.165, 1.54) is 11.3 Å². The first kappa shape index (κ1) is 19.8. The molecular weight excluding hydrogens is 387 g/mol. The summed E-state index contributed by atoms with van der Waals surface area (Å²) in [5.74, 6) is 0.603. The third-order valence-corrected chi connectivity index (χ3v) is 6.82. The van der Waals surface area contributed by atoms with Crippen molar-refractivity contribution in [2.45, 2.75) is 51.3 Å². The predicted octanol–water partition coefficient (Wildman–Crippen LogP) is 5.86. The minimum absolute atomic E-state index is 0.0191. The van der Waals surface area contributed by atoms with E-state index < -0.39 is 11.8 Å². The van der Waals surface area contributed by atoms with E-state index in [9.17, 15) is 14.8 Å². The van der Waals surface area contributed by atoms with Gasteiger partial charge in [-0.05, 0) is 62.4 Å². The largest absolute Gasteiger partial charge is 0.489 e. The highest BCUT2D eigenvalue weighted by molar-refractivity contribution is 7.19. The number of halogens is 1. The summed E-state index contributed by atoms with van der Waals surface area (Å²) < 4.78 is 21.5. The molecule has 4 rings (SSSR count). The lowest BCUT2D eigenvalue weighted by Gasteiger charge is -2.33. The molecule has 3 aromatic rings. The summed E-state index contributed by atoms with van der Waals surface area (Å²) in [7, 11) is 0. The topological polar surface area (TPSA) is 66.1 Å². The van der Waals surface area contributed by atoms with Gasteiger partial charge in [-0.25, -0.2) is 4.39 Å². The van der Waals surface area contributed by atoms with Crippen molar-refractivity contribution in [3.05, 3.63) is 46.5 Å². The standard InChI is InChI=1S/C23H23FN2O2S/c1-3-19(27)20-11-18-22(29-20)16(5-8-26-18)17-10-15(12-25)9-14(2)21(17)28-13-23(24)6-4-7-23/h5,8-11,19,27H,3-4,6-7,13H2,1-2H3. The average Bonchev–Trinajstić information content (AvgIpc) is 3.14. The van der Waals surface area contributed by atoms with Crippen LogP contribution in [-0.4, -0.2) is 22.4 Å². The molecule has 0 saturated heterocycles. The fourth-order valence-corrected chi connectivity index (χ4v) is 4.88. The van der Waals surface area contributed by atoms with Gasteiger partial charge in [0, 0.05) is 22.2 Å². The lowest BCUT2D eigenvalue weighted by atomic mass is 9.83. The molecule has 1 aliphatic rings. The quantitative estimate of drug-likeness (QED) is 0.553. The van der Waals surface area contributed by atoms with Gasteiger partial charge in [0.2, 0.25) is 0 Å². The summed E-state index contributed by atoms with van der Waals surface area (Å²) in [6.45, 7) is 3.83. The number of hydrogen-bond acceptors (Lipinski definition) is 5. The van der Waals surface area contributed by atoms with Gasteiger partial charge in [0.1, 0.15) is 18.0 Å². The number of nitriles is 1. The molecule has 1 aliphatic carbocycles. The Kier molecular flexibility index (Phi) is 5.28. The van der Waals surface area contributed by atoms with Crippen LogP contribution in [0.25, 0.3) is 21.3 Å². The number of hydrogen-bond donors (Lipinski definition) is 1. The van der Waals surface area contributed by atoms with Crippen LogP contribution in [0.4, 0.5) is 4.39 Å². The lowest BCUT2D eigenvalue weighted by molar-refractivity contribution is 0.0124. The van der Waals surface area contributed by atoms with E-state index in [4.69, 9.17) is 4.74 Å². The number of pyridine rings is 1. The van der Waals surface area contributed by atoms with Crippen LogP contribution in [0.3, 0.4) is 0 Å². The Bertz CT molecular complexity index is 1100. The molecular formula is C23H23FN2O2S. The Morgan fingerprint density at radius 1 is 1.34 bits per heavy atom. The molecule has 0 radical (unpaired) electrons. The number of rotatable bonds is 6. The van der Waals surface area contributed by atoms with Crippen LogP contribution >= 0.6 is 11.3 Å². The molecule has 1 aromatic carbocycles. The molecule has 29 heavy (non-hydrogen) atoms. The Labute approximate surface area is 173 Å². The summed E-state index contributed by atoms with van der Waals surface area (Å²) in [5, 5.41) is 19.7. The first-order valence-electron chi connectivity index (χ1n) is 9.87. The molecule has 2 heterocycles. The van der Waals surface area contributed by atoms with Gasteiger partial charge in [-0.1, -0.05) is 6.92 Å². The van der Waals surface area contributed by atoms with Crippen molar-refractivity contribution in [1.82, 2.24) is 4.98 Å². The van der Waals surface area contributed by atoms with Crippen molar-refractivity contribution >= 4 is 21.6 Å². The normalized spacial score (nSPS) is 16.2. The van der Waals surface area contributed by atoms with Crippen LogP contribution in [0, 0.1) is 18.3 Å². The summed E-state index contributed by atoms with van der Waals surface area (Å²) >= 11 is 1.49. The summed E-state index contributed by atoms with van der Waals surface area (Å²) in [4.78, 5) is 5.30. The first-order chi connectivity index (χ1) is 13.9. The molecule has 1 atom stereocenters. The molecule has 0 amide bonds. The van der Waals surface area contributed by atoms with Gasteiger partial charge in [-0.2, -0.15) is 5.26 Å². The van der Waals surface area contributed by atoms with E-state index in [0.29, 0.717) is 30.6 Å². The van der Waals surface area contributed by atoms with E-state index in [1.54, 1.807) is 18.3 Å². The maximum atomic E-state index is 14.6. The molecule has 0 spiro atoms. The van der Waals surface area contributed by atoms with Crippen molar-refractivity contribution in [1.29, 1.82) is 5.26 Å². The number of alkyl halides is 1. The average molecular weight is 411 g/mol. The van der Waals surface area contributed by atoms with E-state index in [2.05, 4.69) is 11.1 Å². The Balaban J connectivity index is 1.83. The molecule has 6 heteroatoms. The van der Waals surface area contributed by atoms with Crippen LogP contribution in [-0.2, 0) is 0 Å². The maximum absolute atomic E-state index is 14.6. The zero-order valence-electron chi connectivity index (χ0n) is 16.5. The van der Waals surface area contributed by atoms with Crippen molar-refractivity contribution in [3.8, 4) is 22.9 Å². The number of nitrogens with zero attached hydrogens (tertiary/aromatic N) is 2. The zero-order valence-corrected chi connectivity index (χ0v) is 17.4. The third-order valence-electron chi connectivity index (χ3n) is 5.56. The minimum atomic E-state index is -1.26. The highest BCUT2D eigenvalue weighted by Gasteiger charge is 2.38. The van der Waals surface area contributed by atoms with Crippen molar-refractivity contribution < 1.29 is 14.2 Å². The molecule has 2 aromatic heterocycles. The first-order valence-corrected chi connectivity index (χ1v) is 10.7. The predicted molar refractivity (Wildman–Crippen MR) is 113 cm³/mol. The van der Waals surface area contributed by atoms with Crippen LogP contribution in [0.1, 0.15) is 54.7 Å². The monoisotopic (exact) mass is 410 g/mol. The Morgan fingerprint density at radius 2 is 2.14 bits per heavy atom. The molecule has 1 N–H and O–H groups in total. The van der Waals surface area contributed by atoms with Crippen LogP contribution in [0.2, 0.25) is 0 Å². The molecule has 0 aliphatic heterocycles. The second kappa shape index (κ2) is 7.74. The van der Waals surface area contributed by atoms with Crippen LogP contribution < -0.4 is 4.74 Å². The van der Waals surface area contributed by atoms with Gasteiger partial charge in [0.15, 0.2) is 0 Å². The number of fused-ring (bicyclic) bond motifs is 1. The fraction of sp³-hybridized carbons (Fsp3) is 0.391. The number of ether oxygens (including phenoxy) is 1. The number of thiophene rings is 1. The van der Waals surface area contributed by atoms with Crippen LogP contribution in [0.5, 0.6) is 5.75 Å². The van der Waals surface area contributed by atoms with Gasteiger partial charge in [-0.3, -0.25) is 4.98 Å². The zero-order chi connectivity index (χ0) is 20.6. The number of aliphatic hydroxyl groups excluding tert-OH is 1. The number of aryl methyl sites for hydroxylation is 1. The SMILES string of the molecule is CCC(O)c1cc2nccc(-c3cc(C#N)cc(C)c3OCC3(F)CCC3)c2s1. The number of benzene rings is 1. The van der Waals surface area contributed by atoms with Crippen molar-refractivity contribution in [2.24, 2.45) is 0 Å². The van der Waals surface area contributed by atoms with E-state index in [0.717, 1.165) is 38.2 Å². The smallest absolute Gasteiger partial charge is 0.144 e. The summed E-state index contributed by atoms with van der Waals surface area (Å²) in [6.07, 6.45) is 3.75. The van der Waals surface area contributed by atoms with Crippen molar-refractivity contribution in [3.63, 3.8) is 0 Å². The lowest BCUT2D eigenvalue weighted by Crippen LogP contribution is -2.38. The van der Waals surface area contributed by atoms with Crippen molar-refractivity contribution in [2.75, 3.05) is 6.61 Å². The van der Waals surface area contributed by atoms with E-state index in [1.807, 2.05) is 26.0 Å². The number of aliphatic hydroxyl groups is 1. The highest BCUT2D eigenvalue weighted by Crippen LogP contribution is 2.43. The number of aromatic nitrogens is 1. The van der Waals surface area contributed by atoms with Crippen LogP contribution in [0.15, 0.2) is 30.5 Å². The molecule has 1 fully saturated rings. The minimum Gasteiger partial charge on any atom is -0.489 e. The van der Waals surface area contributed by atoms with Gasteiger partial charge in [0.05, 0.1) is 28.0 Å². The second-order valence-corrected chi connectivity index (χ2v) is 8.80. The Hall–Kier alpha value is -2.49.